The molecule has 1 aliphatic heterocycles. The molecule has 1 amide bonds. The van der Waals surface area contributed by atoms with Gasteiger partial charge in [0.05, 0.1) is 9.83 Å². The molecule has 0 unspecified atom stereocenters. The number of thioether (sulfide) groups is 1. The minimum absolute atomic E-state index is 0.0332. The van der Waals surface area contributed by atoms with Crippen molar-refractivity contribution >= 4 is 51.1 Å². The number of hydrogen-bond donors (Lipinski definition) is 0. The maximum absolute atomic E-state index is 12.7. The minimum atomic E-state index is -0.445. The zero-order chi connectivity index (χ0) is 20.8. The smallest absolute Gasteiger partial charge is 0.269 e. The standard InChI is InChI=1S/C19H17N5O3S2/c1-3-12-23-17(25)15(28-19(23)20-18-22-21-16(4-2)29-18)7-5-6-13-8-10-14(11-9-13)24(26)27/h3,5-11H,1,4,12H2,2H3. The fourth-order valence-electron chi connectivity index (χ4n) is 2.36. The van der Waals surface area contributed by atoms with Gasteiger partial charge in [0.25, 0.3) is 11.6 Å². The number of hydrogen-bond acceptors (Lipinski definition) is 8. The number of nitro groups is 1. The van der Waals surface area contributed by atoms with Crippen molar-refractivity contribution in [2.75, 3.05) is 6.54 Å². The number of amides is 1. The van der Waals surface area contributed by atoms with Crippen LogP contribution in [0.3, 0.4) is 0 Å². The molecule has 0 spiro atoms. The van der Waals surface area contributed by atoms with Gasteiger partial charge in [-0.2, -0.15) is 4.99 Å². The van der Waals surface area contributed by atoms with E-state index in [1.54, 1.807) is 36.4 Å². The molecule has 0 bridgehead atoms. The van der Waals surface area contributed by atoms with Gasteiger partial charge in [0.1, 0.15) is 5.01 Å². The molecule has 1 aromatic carbocycles. The van der Waals surface area contributed by atoms with E-state index in [4.69, 9.17) is 0 Å². The fraction of sp³-hybridized carbons (Fsp3) is 0.158. The molecule has 29 heavy (non-hydrogen) atoms. The van der Waals surface area contributed by atoms with Crippen molar-refractivity contribution in [2.45, 2.75) is 13.3 Å². The van der Waals surface area contributed by atoms with Gasteiger partial charge in [-0.3, -0.25) is 19.8 Å². The van der Waals surface area contributed by atoms with E-state index in [0.29, 0.717) is 21.7 Å². The van der Waals surface area contributed by atoms with Crippen molar-refractivity contribution in [3.63, 3.8) is 0 Å². The molecule has 0 radical (unpaired) electrons. The summed E-state index contributed by atoms with van der Waals surface area (Å²) >= 11 is 2.65. The molecule has 1 aromatic heterocycles. The van der Waals surface area contributed by atoms with Gasteiger partial charge in [-0.05, 0) is 42.0 Å². The quantitative estimate of drug-likeness (QED) is 0.282. The summed E-state index contributed by atoms with van der Waals surface area (Å²) in [6.45, 7) is 6.03. The van der Waals surface area contributed by atoms with Crippen LogP contribution in [0, 0.1) is 10.1 Å². The van der Waals surface area contributed by atoms with E-state index < -0.39 is 4.92 Å². The summed E-state index contributed by atoms with van der Waals surface area (Å²) in [6.07, 6.45) is 7.63. The maximum Gasteiger partial charge on any atom is 0.269 e. The number of rotatable bonds is 7. The fourth-order valence-corrected chi connectivity index (χ4v) is 4.01. The van der Waals surface area contributed by atoms with Crippen LogP contribution in [0.2, 0.25) is 0 Å². The van der Waals surface area contributed by atoms with Gasteiger partial charge >= 0.3 is 0 Å². The lowest BCUT2D eigenvalue weighted by molar-refractivity contribution is -0.384. The molecule has 0 saturated carbocycles. The number of amidine groups is 1. The summed E-state index contributed by atoms with van der Waals surface area (Å²) in [5, 5.41) is 20.7. The summed E-state index contributed by atoms with van der Waals surface area (Å²) < 4.78 is 0. The summed E-state index contributed by atoms with van der Waals surface area (Å²) in [7, 11) is 0. The van der Waals surface area contributed by atoms with Crippen LogP contribution in [0.15, 0.2) is 59.0 Å². The first-order valence-corrected chi connectivity index (χ1v) is 10.3. The molecule has 148 valence electrons. The van der Waals surface area contributed by atoms with E-state index in [-0.39, 0.29) is 11.6 Å². The number of aromatic nitrogens is 2. The molecule has 8 nitrogen and oxygen atoms in total. The highest BCUT2D eigenvalue weighted by Gasteiger charge is 2.32. The van der Waals surface area contributed by atoms with Crippen molar-refractivity contribution < 1.29 is 9.72 Å². The highest BCUT2D eigenvalue weighted by molar-refractivity contribution is 8.18. The molecule has 0 N–H and O–H groups in total. The largest absolute Gasteiger partial charge is 0.282 e. The average Bonchev–Trinajstić information content (AvgIpc) is 3.29. The van der Waals surface area contributed by atoms with E-state index in [0.717, 1.165) is 17.0 Å². The molecule has 1 saturated heterocycles. The number of nitrogens with zero attached hydrogens (tertiary/aromatic N) is 5. The Morgan fingerprint density at radius 3 is 2.69 bits per heavy atom. The number of aliphatic imine (C=N–C) groups is 1. The molecular formula is C19H17N5O3S2. The average molecular weight is 428 g/mol. The van der Waals surface area contributed by atoms with E-state index in [1.165, 1.54) is 40.1 Å². The molecule has 0 atom stereocenters. The Hall–Kier alpha value is -3.11. The maximum atomic E-state index is 12.7. The molecular weight excluding hydrogens is 410 g/mol. The van der Waals surface area contributed by atoms with Gasteiger partial charge in [0, 0.05) is 18.7 Å². The zero-order valence-corrected chi connectivity index (χ0v) is 17.2. The Kier molecular flexibility index (Phi) is 6.68. The Morgan fingerprint density at radius 1 is 1.31 bits per heavy atom. The number of allylic oxidation sites excluding steroid dienone is 2. The van der Waals surface area contributed by atoms with Crippen molar-refractivity contribution in [1.82, 2.24) is 15.1 Å². The second-order valence-corrected chi connectivity index (χ2v) is 7.82. The Bertz CT molecular complexity index is 1020. The molecule has 1 aliphatic rings. The molecule has 0 aliphatic carbocycles. The van der Waals surface area contributed by atoms with E-state index in [9.17, 15) is 14.9 Å². The first-order valence-electron chi connectivity index (χ1n) is 8.66. The van der Waals surface area contributed by atoms with Crippen LogP contribution < -0.4 is 0 Å². The van der Waals surface area contributed by atoms with Crippen molar-refractivity contribution in [1.29, 1.82) is 0 Å². The van der Waals surface area contributed by atoms with Gasteiger partial charge in [0.15, 0.2) is 5.17 Å². The molecule has 1 fully saturated rings. The van der Waals surface area contributed by atoms with Gasteiger partial charge in [-0.1, -0.05) is 36.5 Å². The molecule has 2 aromatic rings. The number of nitro benzene ring substituents is 1. The van der Waals surface area contributed by atoms with Gasteiger partial charge in [-0.15, -0.1) is 16.8 Å². The topological polar surface area (TPSA) is 102 Å². The second kappa shape index (κ2) is 9.39. The normalized spacial score (nSPS) is 17.0. The third kappa shape index (κ3) is 5.04. The highest BCUT2D eigenvalue weighted by Crippen LogP contribution is 2.33. The number of carbonyl (C=O) groups is 1. The van der Waals surface area contributed by atoms with E-state index >= 15 is 0 Å². The van der Waals surface area contributed by atoms with Crippen LogP contribution >= 0.6 is 23.1 Å². The van der Waals surface area contributed by atoms with Crippen molar-refractivity contribution in [2.24, 2.45) is 4.99 Å². The number of aryl methyl sites for hydroxylation is 1. The van der Waals surface area contributed by atoms with E-state index in [2.05, 4.69) is 21.8 Å². The summed E-state index contributed by atoms with van der Waals surface area (Å²) in [5.41, 5.74) is 0.826. The second-order valence-electron chi connectivity index (χ2n) is 5.77. The van der Waals surface area contributed by atoms with Crippen LogP contribution in [0.1, 0.15) is 17.5 Å². The zero-order valence-electron chi connectivity index (χ0n) is 15.5. The lowest BCUT2D eigenvalue weighted by Crippen LogP contribution is -2.29. The first kappa shape index (κ1) is 20.6. The van der Waals surface area contributed by atoms with Crippen LogP contribution in [0.4, 0.5) is 10.8 Å². The van der Waals surface area contributed by atoms with Crippen LogP contribution in [0.25, 0.3) is 6.08 Å². The number of carbonyl (C=O) groups excluding carboxylic acids is 1. The summed E-state index contributed by atoms with van der Waals surface area (Å²) in [5.74, 6) is -0.165. The Morgan fingerprint density at radius 2 is 2.07 bits per heavy atom. The monoisotopic (exact) mass is 427 g/mol. The molecule has 10 heteroatoms. The van der Waals surface area contributed by atoms with Gasteiger partial charge in [-0.25, -0.2) is 0 Å². The van der Waals surface area contributed by atoms with Gasteiger partial charge < -0.3 is 0 Å². The minimum Gasteiger partial charge on any atom is -0.282 e. The van der Waals surface area contributed by atoms with Gasteiger partial charge in [0.2, 0.25) is 5.13 Å². The van der Waals surface area contributed by atoms with Crippen LogP contribution in [-0.2, 0) is 11.2 Å². The lowest BCUT2D eigenvalue weighted by Gasteiger charge is -2.11. The third-order valence-corrected chi connectivity index (χ3v) is 5.78. The Balaban J connectivity index is 1.79. The number of benzene rings is 1. The predicted molar refractivity (Wildman–Crippen MR) is 116 cm³/mol. The SMILES string of the molecule is C=CCN1C(=O)C(=CC=Cc2ccc([N+](=O)[O-])cc2)SC1=Nc1nnc(CC)s1. The predicted octanol–water partition coefficient (Wildman–Crippen LogP) is 4.35. The third-order valence-electron chi connectivity index (χ3n) is 3.79. The van der Waals surface area contributed by atoms with Crippen LogP contribution in [-0.4, -0.2) is 37.6 Å². The van der Waals surface area contributed by atoms with Crippen molar-refractivity contribution in [3.8, 4) is 0 Å². The first-order chi connectivity index (χ1) is 14.0. The Labute approximate surface area is 175 Å². The number of non-ortho nitro benzene ring substituents is 1. The molecule has 3 rings (SSSR count). The van der Waals surface area contributed by atoms with E-state index in [1.807, 2.05) is 6.92 Å². The summed E-state index contributed by atoms with van der Waals surface area (Å²) in [4.78, 5) is 29.5. The molecule has 2 heterocycles. The van der Waals surface area contributed by atoms with Crippen LogP contribution in [0.5, 0.6) is 0 Å². The lowest BCUT2D eigenvalue weighted by atomic mass is 10.2. The highest BCUT2D eigenvalue weighted by atomic mass is 32.2. The van der Waals surface area contributed by atoms with Crippen molar-refractivity contribution in [3.05, 3.63) is 74.7 Å². The summed E-state index contributed by atoms with van der Waals surface area (Å²) in [6, 6.07) is 6.17.